The quantitative estimate of drug-likeness (QED) is 0.746. The maximum atomic E-state index is 13.0. The first kappa shape index (κ1) is 16.6. The predicted molar refractivity (Wildman–Crippen MR) is 99.3 cm³/mol. The molecule has 25 heavy (non-hydrogen) atoms. The SMILES string of the molecule is Cc1c(N(C)C(=O)c2ccccc2N)c(=O)n(-c2ccccc2)n1C. The summed E-state index contributed by atoms with van der Waals surface area (Å²) in [5.41, 5.74) is 8.18. The summed E-state index contributed by atoms with van der Waals surface area (Å²) in [7, 11) is 3.39. The third-order valence-corrected chi connectivity index (χ3v) is 4.36. The standard InChI is InChI=1S/C19H20N4O2/c1-13-17(21(2)18(24)15-11-7-8-12-16(15)20)19(25)23(22(13)3)14-9-5-4-6-10-14/h4-12H,20H2,1-3H3. The molecular formula is C19H20N4O2. The zero-order valence-corrected chi connectivity index (χ0v) is 14.4. The molecule has 1 aromatic heterocycles. The Morgan fingerprint density at radius 3 is 2.28 bits per heavy atom. The van der Waals surface area contributed by atoms with Crippen LogP contribution in [0, 0.1) is 6.92 Å². The van der Waals surface area contributed by atoms with Crippen molar-refractivity contribution in [2.45, 2.75) is 6.92 Å². The van der Waals surface area contributed by atoms with Crippen LogP contribution in [0.2, 0.25) is 0 Å². The van der Waals surface area contributed by atoms with E-state index < -0.39 is 0 Å². The minimum Gasteiger partial charge on any atom is -0.398 e. The van der Waals surface area contributed by atoms with Gasteiger partial charge in [-0.15, -0.1) is 0 Å². The van der Waals surface area contributed by atoms with E-state index in [9.17, 15) is 9.59 Å². The molecule has 0 aliphatic carbocycles. The number of hydrogen-bond acceptors (Lipinski definition) is 3. The van der Waals surface area contributed by atoms with Crippen LogP contribution >= 0.6 is 0 Å². The highest BCUT2D eigenvalue weighted by Gasteiger charge is 2.24. The highest BCUT2D eigenvalue weighted by molar-refractivity contribution is 6.09. The number of para-hydroxylation sites is 2. The molecule has 128 valence electrons. The molecule has 0 spiro atoms. The van der Waals surface area contributed by atoms with Crippen molar-refractivity contribution in [3.63, 3.8) is 0 Å². The van der Waals surface area contributed by atoms with Crippen LogP contribution in [-0.2, 0) is 7.05 Å². The maximum absolute atomic E-state index is 13.0. The zero-order valence-electron chi connectivity index (χ0n) is 14.4. The van der Waals surface area contributed by atoms with Crippen molar-refractivity contribution < 1.29 is 4.79 Å². The second-order valence-electron chi connectivity index (χ2n) is 5.86. The van der Waals surface area contributed by atoms with E-state index in [1.807, 2.05) is 37.3 Å². The molecule has 6 nitrogen and oxygen atoms in total. The molecule has 0 aliphatic rings. The minimum atomic E-state index is -0.316. The molecule has 0 radical (unpaired) electrons. The van der Waals surface area contributed by atoms with Gasteiger partial charge in [-0.25, -0.2) is 4.68 Å². The Bertz CT molecular complexity index is 986. The molecule has 2 aromatic carbocycles. The third-order valence-electron chi connectivity index (χ3n) is 4.36. The van der Waals surface area contributed by atoms with E-state index in [-0.39, 0.29) is 11.5 Å². The van der Waals surface area contributed by atoms with Crippen LogP contribution in [0.3, 0.4) is 0 Å². The topological polar surface area (TPSA) is 73.3 Å². The van der Waals surface area contributed by atoms with E-state index in [1.165, 1.54) is 4.90 Å². The Balaban J connectivity index is 2.11. The summed E-state index contributed by atoms with van der Waals surface area (Å²) in [6.07, 6.45) is 0. The lowest BCUT2D eigenvalue weighted by Gasteiger charge is -2.16. The van der Waals surface area contributed by atoms with Crippen molar-refractivity contribution in [3.05, 3.63) is 76.2 Å². The second kappa shape index (κ2) is 6.32. The number of anilines is 2. The number of nitrogens with zero attached hydrogens (tertiary/aromatic N) is 3. The summed E-state index contributed by atoms with van der Waals surface area (Å²) in [5, 5.41) is 0. The Hall–Kier alpha value is -3.28. The number of nitrogens with two attached hydrogens (primary N) is 1. The van der Waals surface area contributed by atoms with Crippen LogP contribution in [0.15, 0.2) is 59.4 Å². The summed E-state index contributed by atoms with van der Waals surface area (Å²) >= 11 is 0. The third kappa shape index (κ3) is 2.71. The van der Waals surface area contributed by atoms with Crippen LogP contribution in [0.1, 0.15) is 16.1 Å². The molecule has 1 amide bonds. The van der Waals surface area contributed by atoms with Gasteiger partial charge in [-0.3, -0.25) is 14.3 Å². The van der Waals surface area contributed by atoms with Gasteiger partial charge in [0.25, 0.3) is 11.5 Å². The van der Waals surface area contributed by atoms with Crippen LogP contribution < -0.4 is 16.2 Å². The molecule has 0 saturated carbocycles. The lowest BCUT2D eigenvalue weighted by atomic mass is 10.1. The lowest BCUT2D eigenvalue weighted by molar-refractivity contribution is 0.0993. The molecule has 0 fully saturated rings. The molecule has 3 rings (SSSR count). The first-order valence-electron chi connectivity index (χ1n) is 7.90. The molecular weight excluding hydrogens is 316 g/mol. The number of rotatable bonds is 3. The summed E-state index contributed by atoms with van der Waals surface area (Å²) in [5.74, 6) is -0.316. The van der Waals surface area contributed by atoms with E-state index in [2.05, 4.69) is 0 Å². The van der Waals surface area contributed by atoms with Crippen molar-refractivity contribution in [2.75, 3.05) is 17.7 Å². The van der Waals surface area contributed by atoms with E-state index in [4.69, 9.17) is 5.73 Å². The first-order valence-corrected chi connectivity index (χ1v) is 7.90. The number of hydrogen-bond donors (Lipinski definition) is 1. The van der Waals surface area contributed by atoms with Crippen molar-refractivity contribution >= 4 is 17.3 Å². The zero-order chi connectivity index (χ0) is 18.1. The highest BCUT2D eigenvalue weighted by atomic mass is 16.2. The average Bonchev–Trinajstić information content (AvgIpc) is 2.84. The fourth-order valence-electron chi connectivity index (χ4n) is 2.91. The number of nitrogen functional groups attached to an aromatic ring is 1. The van der Waals surface area contributed by atoms with E-state index in [1.54, 1.807) is 47.7 Å². The van der Waals surface area contributed by atoms with Crippen LogP contribution in [-0.4, -0.2) is 22.3 Å². The van der Waals surface area contributed by atoms with Gasteiger partial charge < -0.3 is 10.6 Å². The molecule has 3 aromatic rings. The Morgan fingerprint density at radius 1 is 1.04 bits per heavy atom. The second-order valence-corrected chi connectivity index (χ2v) is 5.86. The van der Waals surface area contributed by atoms with Gasteiger partial charge in [0.2, 0.25) is 0 Å². The smallest absolute Gasteiger partial charge is 0.295 e. The molecule has 6 heteroatoms. The molecule has 0 unspecified atom stereocenters. The van der Waals surface area contributed by atoms with Gasteiger partial charge in [-0.2, -0.15) is 0 Å². The van der Waals surface area contributed by atoms with Gasteiger partial charge in [0.15, 0.2) is 0 Å². The summed E-state index contributed by atoms with van der Waals surface area (Å²) in [4.78, 5) is 27.2. The highest BCUT2D eigenvalue weighted by Crippen LogP contribution is 2.21. The first-order chi connectivity index (χ1) is 11.9. The largest absolute Gasteiger partial charge is 0.398 e. The lowest BCUT2D eigenvalue weighted by Crippen LogP contribution is -2.32. The number of carbonyl (C=O) groups is 1. The monoisotopic (exact) mass is 336 g/mol. The van der Waals surface area contributed by atoms with Crippen molar-refractivity contribution in [1.29, 1.82) is 0 Å². The van der Waals surface area contributed by atoms with Gasteiger partial charge in [0.05, 0.1) is 16.9 Å². The normalized spacial score (nSPS) is 10.7. The van der Waals surface area contributed by atoms with Crippen LogP contribution in [0.25, 0.3) is 5.69 Å². The molecule has 2 N–H and O–H groups in total. The summed E-state index contributed by atoms with van der Waals surface area (Å²) in [6, 6.07) is 16.2. The number of benzene rings is 2. The fraction of sp³-hybridized carbons (Fsp3) is 0.158. The van der Waals surface area contributed by atoms with Crippen molar-refractivity contribution in [2.24, 2.45) is 7.05 Å². The molecule has 0 atom stereocenters. The minimum absolute atomic E-state index is 0.253. The van der Waals surface area contributed by atoms with Gasteiger partial charge in [0.1, 0.15) is 5.69 Å². The average molecular weight is 336 g/mol. The van der Waals surface area contributed by atoms with E-state index in [0.717, 1.165) is 5.69 Å². The maximum Gasteiger partial charge on any atom is 0.295 e. The van der Waals surface area contributed by atoms with E-state index >= 15 is 0 Å². The van der Waals surface area contributed by atoms with Gasteiger partial charge in [-0.05, 0) is 31.2 Å². The Labute approximate surface area is 145 Å². The number of amides is 1. The summed E-state index contributed by atoms with van der Waals surface area (Å²) in [6.45, 7) is 1.81. The van der Waals surface area contributed by atoms with Crippen molar-refractivity contribution in [1.82, 2.24) is 9.36 Å². The Kier molecular flexibility index (Phi) is 4.19. The van der Waals surface area contributed by atoms with Crippen LogP contribution in [0.4, 0.5) is 11.4 Å². The number of aromatic nitrogens is 2. The molecule has 0 bridgehead atoms. The predicted octanol–water partition coefficient (Wildman–Crippen LogP) is 2.34. The van der Waals surface area contributed by atoms with Gasteiger partial charge in [-0.1, -0.05) is 30.3 Å². The fourth-order valence-corrected chi connectivity index (χ4v) is 2.91. The van der Waals surface area contributed by atoms with E-state index in [0.29, 0.717) is 22.6 Å². The number of carbonyl (C=O) groups excluding carboxylic acids is 1. The molecule has 0 saturated heterocycles. The van der Waals surface area contributed by atoms with Gasteiger partial charge in [0, 0.05) is 19.8 Å². The van der Waals surface area contributed by atoms with Gasteiger partial charge >= 0.3 is 0 Å². The Morgan fingerprint density at radius 2 is 1.64 bits per heavy atom. The molecule has 1 heterocycles. The van der Waals surface area contributed by atoms with Crippen LogP contribution in [0.5, 0.6) is 0 Å². The molecule has 0 aliphatic heterocycles. The van der Waals surface area contributed by atoms with Crippen molar-refractivity contribution in [3.8, 4) is 5.69 Å². The summed E-state index contributed by atoms with van der Waals surface area (Å²) < 4.78 is 3.29.